The first-order valence-electron chi connectivity index (χ1n) is 7.25. The molecule has 1 aromatic carbocycles. The number of benzene rings is 1. The predicted octanol–water partition coefficient (Wildman–Crippen LogP) is 1.72. The van der Waals surface area contributed by atoms with Crippen molar-refractivity contribution >= 4 is 11.5 Å². The summed E-state index contributed by atoms with van der Waals surface area (Å²) >= 11 is 0. The predicted molar refractivity (Wildman–Crippen MR) is 82.3 cm³/mol. The van der Waals surface area contributed by atoms with E-state index in [2.05, 4.69) is 46.1 Å². The van der Waals surface area contributed by atoms with Crippen molar-refractivity contribution in [2.24, 2.45) is 10.9 Å². The number of nitrogens with zero attached hydrogens (tertiary/aromatic N) is 3. The molecule has 0 amide bonds. The maximum atomic E-state index is 8.70. The van der Waals surface area contributed by atoms with Crippen molar-refractivity contribution in [2.45, 2.75) is 25.8 Å². The summed E-state index contributed by atoms with van der Waals surface area (Å²) in [7, 11) is 0. The molecule has 1 aliphatic rings. The van der Waals surface area contributed by atoms with Gasteiger partial charge in [-0.3, -0.25) is 4.90 Å². The molecule has 1 aliphatic heterocycles. The Labute approximate surface area is 120 Å². The zero-order chi connectivity index (χ0) is 14.4. The molecule has 1 atom stereocenters. The lowest BCUT2D eigenvalue weighted by Gasteiger charge is -2.40. The molecule has 1 unspecified atom stereocenters. The molecule has 1 aromatic rings. The second-order valence-electron chi connectivity index (χ2n) is 5.22. The Balaban J connectivity index is 1.90. The van der Waals surface area contributed by atoms with Crippen LogP contribution in [-0.2, 0) is 0 Å². The van der Waals surface area contributed by atoms with Crippen LogP contribution in [0.2, 0.25) is 0 Å². The van der Waals surface area contributed by atoms with Crippen LogP contribution in [0.25, 0.3) is 0 Å². The van der Waals surface area contributed by atoms with E-state index in [0.29, 0.717) is 18.3 Å². The number of hydrogen-bond donors (Lipinski definition) is 2. The molecule has 5 nitrogen and oxygen atoms in total. The summed E-state index contributed by atoms with van der Waals surface area (Å²) in [5, 5.41) is 11.8. The highest BCUT2D eigenvalue weighted by Gasteiger charge is 2.23. The van der Waals surface area contributed by atoms with E-state index in [1.165, 1.54) is 5.69 Å². The molecule has 0 saturated carbocycles. The summed E-state index contributed by atoms with van der Waals surface area (Å²) in [5.74, 6) is 0.322. The monoisotopic (exact) mass is 276 g/mol. The molecular weight excluding hydrogens is 252 g/mol. The largest absolute Gasteiger partial charge is 0.409 e. The van der Waals surface area contributed by atoms with Crippen molar-refractivity contribution in [1.82, 2.24) is 4.90 Å². The van der Waals surface area contributed by atoms with Crippen LogP contribution in [0.5, 0.6) is 0 Å². The maximum absolute atomic E-state index is 8.70. The Morgan fingerprint density at radius 1 is 1.25 bits per heavy atom. The number of piperazine rings is 1. The molecule has 1 fully saturated rings. The number of nitrogens with two attached hydrogens (primary N) is 1. The van der Waals surface area contributed by atoms with E-state index in [0.717, 1.165) is 32.6 Å². The molecule has 110 valence electrons. The molecule has 0 bridgehead atoms. The third-order valence-electron chi connectivity index (χ3n) is 4.00. The molecule has 0 radical (unpaired) electrons. The Morgan fingerprint density at radius 2 is 1.90 bits per heavy atom. The van der Waals surface area contributed by atoms with Crippen molar-refractivity contribution in [3.05, 3.63) is 30.3 Å². The lowest BCUT2D eigenvalue weighted by atomic mass is 10.1. The van der Waals surface area contributed by atoms with Gasteiger partial charge >= 0.3 is 0 Å². The van der Waals surface area contributed by atoms with Crippen LogP contribution in [0.4, 0.5) is 5.69 Å². The number of para-hydroxylation sites is 1. The van der Waals surface area contributed by atoms with Crippen LogP contribution < -0.4 is 10.6 Å². The van der Waals surface area contributed by atoms with Gasteiger partial charge in [-0.05, 0) is 18.6 Å². The maximum Gasteiger partial charge on any atom is 0.140 e. The fourth-order valence-electron chi connectivity index (χ4n) is 2.80. The highest BCUT2D eigenvalue weighted by Crippen LogP contribution is 2.18. The Kier molecular flexibility index (Phi) is 5.24. The van der Waals surface area contributed by atoms with Crippen LogP contribution >= 0.6 is 0 Å². The second-order valence-corrected chi connectivity index (χ2v) is 5.22. The van der Waals surface area contributed by atoms with Gasteiger partial charge in [0, 0.05) is 44.3 Å². The lowest BCUT2D eigenvalue weighted by Crippen LogP contribution is -2.51. The van der Waals surface area contributed by atoms with E-state index in [9.17, 15) is 0 Å². The first-order chi connectivity index (χ1) is 9.74. The van der Waals surface area contributed by atoms with E-state index < -0.39 is 0 Å². The summed E-state index contributed by atoms with van der Waals surface area (Å²) in [6.45, 7) is 6.24. The quantitative estimate of drug-likeness (QED) is 0.372. The zero-order valence-corrected chi connectivity index (χ0v) is 12.1. The second kappa shape index (κ2) is 7.14. The first-order valence-corrected chi connectivity index (χ1v) is 7.25. The summed E-state index contributed by atoms with van der Waals surface area (Å²) in [6, 6.07) is 10.9. The molecule has 0 aromatic heterocycles. The molecule has 5 heteroatoms. The first kappa shape index (κ1) is 14.7. The minimum Gasteiger partial charge on any atom is -0.409 e. The van der Waals surface area contributed by atoms with Gasteiger partial charge in [0.15, 0.2) is 0 Å². The van der Waals surface area contributed by atoms with Gasteiger partial charge < -0.3 is 15.8 Å². The summed E-state index contributed by atoms with van der Waals surface area (Å²) in [6.07, 6.45) is 1.65. The number of amidine groups is 1. The van der Waals surface area contributed by atoms with Gasteiger partial charge in [-0.15, -0.1) is 0 Å². The van der Waals surface area contributed by atoms with E-state index in [-0.39, 0.29) is 0 Å². The van der Waals surface area contributed by atoms with Gasteiger partial charge in [-0.1, -0.05) is 30.3 Å². The Morgan fingerprint density at radius 3 is 2.45 bits per heavy atom. The highest BCUT2D eigenvalue weighted by molar-refractivity contribution is 5.80. The number of oxime groups is 1. The SMILES string of the molecule is CCC(C/C(N)=N/O)N1CCN(c2ccccc2)CC1. The van der Waals surface area contributed by atoms with Gasteiger partial charge in [0.25, 0.3) is 0 Å². The fraction of sp³-hybridized carbons (Fsp3) is 0.533. The van der Waals surface area contributed by atoms with Crippen molar-refractivity contribution in [3.8, 4) is 0 Å². The van der Waals surface area contributed by atoms with Crippen LogP contribution in [-0.4, -0.2) is 48.2 Å². The Bertz CT molecular complexity index is 427. The minimum absolute atomic E-state index is 0.322. The van der Waals surface area contributed by atoms with Crippen molar-refractivity contribution < 1.29 is 5.21 Å². The average Bonchev–Trinajstić information content (AvgIpc) is 2.53. The summed E-state index contributed by atoms with van der Waals surface area (Å²) in [5.41, 5.74) is 6.93. The van der Waals surface area contributed by atoms with Gasteiger partial charge in [-0.2, -0.15) is 0 Å². The third kappa shape index (κ3) is 3.63. The standard InChI is InChI=1S/C15H24N4O/c1-2-13(12-15(16)17-20)18-8-10-19(11-9-18)14-6-4-3-5-7-14/h3-7,13,20H,2,8-12H2,1H3,(H2,16,17). The van der Waals surface area contributed by atoms with E-state index >= 15 is 0 Å². The summed E-state index contributed by atoms with van der Waals surface area (Å²) in [4.78, 5) is 4.85. The van der Waals surface area contributed by atoms with Gasteiger partial charge in [-0.25, -0.2) is 0 Å². The van der Waals surface area contributed by atoms with Gasteiger partial charge in [0.1, 0.15) is 5.84 Å². The fourth-order valence-corrected chi connectivity index (χ4v) is 2.80. The van der Waals surface area contributed by atoms with E-state index in [1.807, 2.05) is 6.07 Å². The lowest BCUT2D eigenvalue weighted by molar-refractivity contribution is 0.182. The molecule has 0 aliphatic carbocycles. The average molecular weight is 276 g/mol. The van der Waals surface area contributed by atoms with Crippen LogP contribution in [0.15, 0.2) is 35.5 Å². The third-order valence-corrected chi connectivity index (χ3v) is 4.00. The molecule has 2 rings (SSSR count). The number of rotatable bonds is 5. The molecular formula is C15H24N4O. The van der Waals surface area contributed by atoms with Crippen molar-refractivity contribution in [2.75, 3.05) is 31.1 Å². The van der Waals surface area contributed by atoms with Crippen LogP contribution in [0.3, 0.4) is 0 Å². The van der Waals surface area contributed by atoms with E-state index in [4.69, 9.17) is 10.9 Å². The summed E-state index contributed by atoms with van der Waals surface area (Å²) < 4.78 is 0. The topological polar surface area (TPSA) is 65.1 Å². The molecule has 0 spiro atoms. The number of hydrogen-bond acceptors (Lipinski definition) is 4. The van der Waals surface area contributed by atoms with E-state index in [1.54, 1.807) is 0 Å². The molecule has 1 heterocycles. The molecule has 3 N–H and O–H groups in total. The molecule has 20 heavy (non-hydrogen) atoms. The van der Waals surface area contributed by atoms with Crippen LogP contribution in [0, 0.1) is 0 Å². The molecule has 1 saturated heterocycles. The highest BCUT2D eigenvalue weighted by atomic mass is 16.4. The smallest absolute Gasteiger partial charge is 0.140 e. The van der Waals surface area contributed by atoms with Crippen LogP contribution in [0.1, 0.15) is 19.8 Å². The number of anilines is 1. The van der Waals surface area contributed by atoms with Crippen molar-refractivity contribution in [3.63, 3.8) is 0 Å². The van der Waals surface area contributed by atoms with Gasteiger partial charge in [0.2, 0.25) is 0 Å². The minimum atomic E-state index is 0.322. The Hall–Kier alpha value is -1.75. The van der Waals surface area contributed by atoms with Gasteiger partial charge in [0.05, 0.1) is 0 Å². The zero-order valence-electron chi connectivity index (χ0n) is 12.1. The normalized spacial score (nSPS) is 19.1. The van der Waals surface area contributed by atoms with Crippen molar-refractivity contribution in [1.29, 1.82) is 0 Å².